The molecule has 0 unspecified atom stereocenters. The molecule has 0 spiro atoms. The lowest BCUT2D eigenvalue weighted by Gasteiger charge is -2.08. The summed E-state index contributed by atoms with van der Waals surface area (Å²) in [6.07, 6.45) is 0. The Morgan fingerprint density at radius 3 is 2.76 bits per heavy atom. The van der Waals surface area contributed by atoms with Crippen LogP contribution in [0.3, 0.4) is 0 Å². The molecule has 2 N–H and O–H groups in total. The predicted octanol–water partition coefficient (Wildman–Crippen LogP) is 3.33. The van der Waals surface area contributed by atoms with Crippen LogP contribution < -0.4 is 5.73 Å². The normalized spacial score (nSPS) is 11.2. The molecule has 0 bridgehead atoms. The molecule has 0 aliphatic rings. The second kappa shape index (κ2) is 3.57. The van der Waals surface area contributed by atoms with E-state index in [-0.39, 0.29) is 0 Å². The Morgan fingerprint density at radius 1 is 1.18 bits per heavy atom. The fourth-order valence-corrected chi connectivity index (χ4v) is 2.37. The number of benzene rings is 1. The molecule has 17 heavy (non-hydrogen) atoms. The van der Waals surface area contributed by atoms with Gasteiger partial charge < -0.3 is 5.73 Å². The lowest BCUT2D eigenvalue weighted by molar-refractivity contribution is 1.34. The smallest absolute Gasteiger partial charge is 0.150 e. The highest BCUT2D eigenvalue weighted by molar-refractivity contribution is 6.30. The molecule has 0 saturated heterocycles. The summed E-state index contributed by atoms with van der Waals surface area (Å²) in [6.45, 7) is 2.00. The molecule has 1 aromatic carbocycles. The van der Waals surface area contributed by atoms with Gasteiger partial charge in [-0.15, -0.1) is 0 Å². The molecule has 0 saturated carbocycles. The van der Waals surface area contributed by atoms with E-state index in [4.69, 9.17) is 17.3 Å². The zero-order chi connectivity index (χ0) is 12.0. The van der Waals surface area contributed by atoms with Crippen LogP contribution in [0.5, 0.6) is 0 Å². The summed E-state index contributed by atoms with van der Waals surface area (Å²) in [7, 11) is 0. The molecule has 0 radical (unpaired) electrons. The van der Waals surface area contributed by atoms with E-state index in [0.29, 0.717) is 16.5 Å². The maximum Gasteiger partial charge on any atom is 0.150 e. The number of aromatic nitrogens is 2. The van der Waals surface area contributed by atoms with Gasteiger partial charge in [0.1, 0.15) is 10.7 Å². The molecule has 84 valence electrons. The van der Waals surface area contributed by atoms with Crippen LogP contribution in [0.4, 0.5) is 5.82 Å². The quantitative estimate of drug-likeness (QED) is 0.487. The summed E-state index contributed by atoms with van der Waals surface area (Å²) >= 11 is 5.95. The number of anilines is 1. The highest BCUT2D eigenvalue weighted by Gasteiger charge is 2.10. The second-order valence-corrected chi connectivity index (χ2v) is 4.39. The van der Waals surface area contributed by atoms with Gasteiger partial charge in [0.05, 0.1) is 5.52 Å². The number of hydrogen-bond donors (Lipinski definition) is 1. The highest BCUT2D eigenvalue weighted by atomic mass is 35.5. The van der Waals surface area contributed by atoms with Crippen molar-refractivity contribution < 1.29 is 0 Å². The van der Waals surface area contributed by atoms with Gasteiger partial charge in [0.15, 0.2) is 5.82 Å². The van der Waals surface area contributed by atoms with Gasteiger partial charge in [0.2, 0.25) is 0 Å². The summed E-state index contributed by atoms with van der Waals surface area (Å²) < 4.78 is 0. The Labute approximate surface area is 103 Å². The van der Waals surface area contributed by atoms with Crippen molar-refractivity contribution in [1.29, 1.82) is 0 Å². The third-order valence-corrected chi connectivity index (χ3v) is 3.04. The number of hydrogen-bond acceptors (Lipinski definition) is 3. The van der Waals surface area contributed by atoms with Gasteiger partial charge in [-0.2, -0.15) is 0 Å². The third-order valence-electron chi connectivity index (χ3n) is 2.84. The topological polar surface area (TPSA) is 51.8 Å². The van der Waals surface area contributed by atoms with E-state index in [1.807, 2.05) is 37.3 Å². The SMILES string of the molecule is Cc1cc(Cl)nc2c(N)nc3ccccc3c12. The molecule has 3 aromatic rings. The van der Waals surface area contributed by atoms with Crippen molar-refractivity contribution in [2.24, 2.45) is 0 Å². The van der Waals surface area contributed by atoms with Gasteiger partial charge in [0, 0.05) is 10.8 Å². The second-order valence-electron chi connectivity index (χ2n) is 4.00. The van der Waals surface area contributed by atoms with Crippen LogP contribution >= 0.6 is 11.6 Å². The molecule has 2 aromatic heterocycles. The summed E-state index contributed by atoms with van der Waals surface area (Å²) in [5.41, 5.74) is 8.54. The standard InChI is InChI=1S/C13H10ClN3/c1-7-6-10(14)17-12-11(7)8-4-2-3-5-9(8)16-13(12)15/h2-6H,1H3,(H2,15,16). The molecule has 0 amide bonds. The minimum absolute atomic E-state index is 0.421. The lowest BCUT2D eigenvalue weighted by Crippen LogP contribution is -1.97. The predicted molar refractivity (Wildman–Crippen MR) is 71.2 cm³/mol. The van der Waals surface area contributed by atoms with E-state index in [1.54, 1.807) is 0 Å². The first-order chi connectivity index (χ1) is 8.16. The number of para-hydroxylation sites is 1. The number of fused-ring (bicyclic) bond motifs is 3. The third kappa shape index (κ3) is 1.51. The number of aryl methyl sites for hydroxylation is 1. The first-order valence-electron chi connectivity index (χ1n) is 5.28. The summed E-state index contributed by atoms with van der Waals surface area (Å²) in [6, 6.07) is 9.73. The Hall–Kier alpha value is -1.87. The van der Waals surface area contributed by atoms with Crippen molar-refractivity contribution in [3.63, 3.8) is 0 Å². The van der Waals surface area contributed by atoms with E-state index in [0.717, 1.165) is 21.9 Å². The van der Waals surface area contributed by atoms with Crippen LogP contribution in [-0.4, -0.2) is 9.97 Å². The minimum Gasteiger partial charge on any atom is -0.382 e. The van der Waals surface area contributed by atoms with E-state index < -0.39 is 0 Å². The summed E-state index contributed by atoms with van der Waals surface area (Å²) in [5.74, 6) is 0.421. The first-order valence-corrected chi connectivity index (χ1v) is 5.65. The van der Waals surface area contributed by atoms with Crippen molar-refractivity contribution in [2.45, 2.75) is 6.92 Å². The van der Waals surface area contributed by atoms with E-state index in [9.17, 15) is 0 Å². The van der Waals surface area contributed by atoms with Crippen LogP contribution in [0.1, 0.15) is 5.56 Å². The maximum atomic E-state index is 5.95. The van der Waals surface area contributed by atoms with Gasteiger partial charge >= 0.3 is 0 Å². The number of halogens is 1. The fraction of sp³-hybridized carbons (Fsp3) is 0.0769. The average molecular weight is 244 g/mol. The Morgan fingerprint density at radius 2 is 1.94 bits per heavy atom. The molecule has 0 fully saturated rings. The lowest BCUT2D eigenvalue weighted by atomic mass is 10.1. The Kier molecular flexibility index (Phi) is 2.16. The van der Waals surface area contributed by atoms with Gasteiger partial charge in [0.25, 0.3) is 0 Å². The van der Waals surface area contributed by atoms with Gasteiger partial charge in [-0.1, -0.05) is 29.8 Å². The zero-order valence-electron chi connectivity index (χ0n) is 9.24. The number of nitrogens with two attached hydrogens (primary N) is 1. The Bertz CT molecular complexity index is 737. The number of rotatable bonds is 0. The van der Waals surface area contributed by atoms with Crippen molar-refractivity contribution >= 4 is 39.2 Å². The molecular formula is C13H10ClN3. The van der Waals surface area contributed by atoms with Crippen molar-refractivity contribution in [1.82, 2.24) is 9.97 Å². The van der Waals surface area contributed by atoms with Crippen LogP contribution in [0.15, 0.2) is 30.3 Å². The van der Waals surface area contributed by atoms with E-state index >= 15 is 0 Å². The number of nitrogen functional groups attached to an aromatic ring is 1. The van der Waals surface area contributed by atoms with Crippen LogP contribution in [0.2, 0.25) is 5.15 Å². The molecule has 2 heterocycles. The van der Waals surface area contributed by atoms with Crippen molar-refractivity contribution in [2.75, 3.05) is 5.73 Å². The molecule has 0 atom stereocenters. The highest BCUT2D eigenvalue weighted by Crippen LogP contribution is 2.30. The maximum absolute atomic E-state index is 5.95. The summed E-state index contributed by atoms with van der Waals surface area (Å²) in [5, 5.41) is 2.52. The van der Waals surface area contributed by atoms with E-state index in [1.165, 1.54) is 0 Å². The molecular weight excluding hydrogens is 234 g/mol. The monoisotopic (exact) mass is 243 g/mol. The van der Waals surface area contributed by atoms with Crippen LogP contribution in [-0.2, 0) is 0 Å². The van der Waals surface area contributed by atoms with Crippen molar-refractivity contribution in [3.8, 4) is 0 Å². The number of pyridine rings is 2. The first kappa shape index (κ1) is 10.3. The van der Waals surface area contributed by atoms with Crippen LogP contribution in [0, 0.1) is 6.92 Å². The molecule has 3 nitrogen and oxygen atoms in total. The van der Waals surface area contributed by atoms with Gasteiger partial charge in [-0.25, -0.2) is 9.97 Å². The van der Waals surface area contributed by atoms with E-state index in [2.05, 4.69) is 9.97 Å². The zero-order valence-corrected chi connectivity index (χ0v) is 9.99. The Balaban J connectivity index is 2.65. The molecule has 0 aliphatic heterocycles. The largest absolute Gasteiger partial charge is 0.382 e. The van der Waals surface area contributed by atoms with Gasteiger partial charge in [-0.3, -0.25) is 0 Å². The molecule has 0 aliphatic carbocycles. The fourth-order valence-electron chi connectivity index (χ4n) is 2.12. The summed E-state index contributed by atoms with van der Waals surface area (Å²) in [4.78, 5) is 8.61. The average Bonchev–Trinajstić information content (AvgIpc) is 2.29. The van der Waals surface area contributed by atoms with Crippen molar-refractivity contribution in [3.05, 3.63) is 41.0 Å². The van der Waals surface area contributed by atoms with Gasteiger partial charge in [-0.05, 0) is 24.6 Å². The van der Waals surface area contributed by atoms with Crippen LogP contribution in [0.25, 0.3) is 21.8 Å². The molecule has 4 heteroatoms. The molecule has 3 rings (SSSR count). The number of nitrogens with zero attached hydrogens (tertiary/aromatic N) is 2. The minimum atomic E-state index is 0.421.